The lowest BCUT2D eigenvalue weighted by Crippen LogP contribution is -2.41. The Balaban J connectivity index is 1.40. The van der Waals surface area contributed by atoms with Gasteiger partial charge in [-0.3, -0.25) is 14.4 Å². The number of nitrogens with zero attached hydrogens (tertiary/aromatic N) is 1. The van der Waals surface area contributed by atoms with Crippen LogP contribution in [0.25, 0.3) is 11.1 Å². The highest BCUT2D eigenvalue weighted by atomic mass is 32.1. The molecule has 1 saturated heterocycles. The van der Waals surface area contributed by atoms with E-state index in [2.05, 4.69) is 10.6 Å². The van der Waals surface area contributed by atoms with Gasteiger partial charge in [0, 0.05) is 12.6 Å². The van der Waals surface area contributed by atoms with Gasteiger partial charge >= 0.3 is 0 Å². The molecule has 0 unspecified atom stereocenters. The molecule has 5 rings (SSSR count). The van der Waals surface area contributed by atoms with Crippen LogP contribution in [0.5, 0.6) is 5.75 Å². The first-order chi connectivity index (χ1) is 15.5. The molecule has 3 heterocycles. The highest BCUT2D eigenvalue weighted by Crippen LogP contribution is 2.32. The van der Waals surface area contributed by atoms with Crippen LogP contribution in [0.3, 0.4) is 0 Å². The number of rotatable bonds is 4. The maximum atomic E-state index is 13.4. The molecule has 1 fully saturated rings. The zero-order valence-electron chi connectivity index (χ0n) is 17.3. The number of carbonyl (C=O) groups is 3. The number of methoxy groups -OCH3 is 1. The number of thiophene rings is 1. The van der Waals surface area contributed by atoms with Gasteiger partial charge in [-0.2, -0.15) is 0 Å². The molecule has 32 heavy (non-hydrogen) atoms. The van der Waals surface area contributed by atoms with E-state index in [4.69, 9.17) is 4.74 Å². The minimum atomic E-state index is -0.618. The van der Waals surface area contributed by atoms with Crippen molar-refractivity contribution in [3.8, 4) is 16.9 Å². The monoisotopic (exact) mass is 447 g/mol. The van der Waals surface area contributed by atoms with E-state index in [0.29, 0.717) is 29.1 Å². The van der Waals surface area contributed by atoms with E-state index < -0.39 is 6.04 Å². The zero-order valence-corrected chi connectivity index (χ0v) is 18.1. The minimum absolute atomic E-state index is 0.183. The summed E-state index contributed by atoms with van der Waals surface area (Å²) in [6, 6.07) is 15.7. The molecule has 2 N–H and O–H groups in total. The average Bonchev–Trinajstić information content (AvgIpc) is 3.48. The van der Waals surface area contributed by atoms with Gasteiger partial charge < -0.3 is 20.3 Å². The first-order valence-corrected chi connectivity index (χ1v) is 11.2. The summed E-state index contributed by atoms with van der Waals surface area (Å²) in [4.78, 5) is 40.9. The van der Waals surface area contributed by atoms with Crippen molar-refractivity contribution in [3.05, 3.63) is 70.4 Å². The summed E-state index contributed by atoms with van der Waals surface area (Å²) in [7, 11) is 1.61. The molecule has 3 aromatic rings. The number of amides is 3. The molecule has 2 atom stereocenters. The van der Waals surface area contributed by atoms with Crippen molar-refractivity contribution in [1.29, 1.82) is 0 Å². The zero-order chi connectivity index (χ0) is 22.2. The summed E-state index contributed by atoms with van der Waals surface area (Å²) in [6.45, 7) is 0.292. The van der Waals surface area contributed by atoms with Crippen molar-refractivity contribution in [2.24, 2.45) is 0 Å². The average molecular weight is 448 g/mol. The van der Waals surface area contributed by atoms with E-state index in [-0.39, 0.29) is 23.8 Å². The molecule has 2 aromatic carbocycles. The number of carbonyl (C=O) groups excluding carboxylic acids is 3. The summed E-state index contributed by atoms with van der Waals surface area (Å²) in [5.74, 6) is 0.119. The van der Waals surface area contributed by atoms with E-state index in [1.54, 1.807) is 30.2 Å². The molecule has 0 aliphatic carbocycles. The third-order valence-corrected chi connectivity index (χ3v) is 6.74. The Morgan fingerprint density at radius 3 is 2.62 bits per heavy atom. The summed E-state index contributed by atoms with van der Waals surface area (Å²) < 4.78 is 5.21. The van der Waals surface area contributed by atoms with Gasteiger partial charge in [0.2, 0.25) is 5.91 Å². The van der Waals surface area contributed by atoms with E-state index >= 15 is 0 Å². The van der Waals surface area contributed by atoms with Crippen LogP contribution in [0.2, 0.25) is 0 Å². The number of fused-ring (bicyclic) bond motifs is 2. The Morgan fingerprint density at radius 1 is 1.12 bits per heavy atom. The first kappa shape index (κ1) is 20.3. The highest BCUT2D eigenvalue weighted by Gasteiger charge is 2.43. The fraction of sp³-hybridized carbons (Fsp3) is 0.208. The largest absolute Gasteiger partial charge is 0.497 e. The maximum Gasteiger partial charge on any atom is 0.261 e. The number of hydrogen-bond donors (Lipinski definition) is 2. The van der Waals surface area contributed by atoms with Crippen LogP contribution < -0.4 is 15.4 Å². The van der Waals surface area contributed by atoms with Crippen LogP contribution >= 0.6 is 11.3 Å². The number of ether oxygens (including phenoxy) is 1. The Morgan fingerprint density at radius 2 is 1.91 bits per heavy atom. The van der Waals surface area contributed by atoms with Gasteiger partial charge in [0.25, 0.3) is 11.8 Å². The van der Waals surface area contributed by atoms with Crippen molar-refractivity contribution in [2.45, 2.75) is 18.5 Å². The highest BCUT2D eigenvalue weighted by molar-refractivity contribution is 7.12. The van der Waals surface area contributed by atoms with Gasteiger partial charge in [0.15, 0.2) is 0 Å². The smallest absolute Gasteiger partial charge is 0.261 e. The first-order valence-electron chi connectivity index (χ1n) is 10.3. The lowest BCUT2D eigenvalue weighted by Gasteiger charge is -2.20. The van der Waals surface area contributed by atoms with Crippen LogP contribution in [0.4, 0.5) is 5.69 Å². The molecule has 3 amide bonds. The Hall–Kier alpha value is -3.65. The van der Waals surface area contributed by atoms with Crippen molar-refractivity contribution < 1.29 is 19.1 Å². The van der Waals surface area contributed by atoms with Gasteiger partial charge in [0.1, 0.15) is 11.8 Å². The predicted molar refractivity (Wildman–Crippen MR) is 122 cm³/mol. The lowest BCUT2D eigenvalue weighted by atomic mass is 10.0. The molecule has 162 valence electrons. The van der Waals surface area contributed by atoms with E-state index in [1.165, 1.54) is 11.3 Å². The SMILES string of the molecule is COc1ccc(-c2ccc3c(c2)C(=O)N2C[C@@H](NC(=O)c4cccs4)C[C@H]2C(=O)N3)cc1. The fourth-order valence-corrected chi connectivity index (χ4v) is 4.87. The number of benzene rings is 2. The van der Waals surface area contributed by atoms with Crippen LogP contribution in [-0.2, 0) is 4.79 Å². The fourth-order valence-electron chi connectivity index (χ4n) is 4.24. The van der Waals surface area contributed by atoms with Gasteiger partial charge in [-0.1, -0.05) is 24.3 Å². The van der Waals surface area contributed by atoms with E-state index in [1.807, 2.05) is 41.8 Å². The molecule has 0 saturated carbocycles. The summed E-state index contributed by atoms with van der Waals surface area (Å²) in [5.41, 5.74) is 2.76. The molecule has 0 radical (unpaired) electrons. The van der Waals surface area contributed by atoms with Crippen LogP contribution in [0.15, 0.2) is 60.0 Å². The third-order valence-electron chi connectivity index (χ3n) is 5.88. The quantitative estimate of drug-likeness (QED) is 0.642. The Labute approximate surface area is 189 Å². The molecular formula is C24H21N3O4S. The van der Waals surface area contributed by atoms with E-state index in [0.717, 1.165) is 16.9 Å². The molecule has 7 nitrogen and oxygen atoms in total. The normalized spacial score (nSPS) is 19.6. The van der Waals surface area contributed by atoms with Gasteiger partial charge in [-0.15, -0.1) is 11.3 Å². The third kappa shape index (κ3) is 3.62. The van der Waals surface area contributed by atoms with E-state index in [9.17, 15) is 14.4 Å². The van der Waals surface area contributed by atoms with Gasteiger partial charge in [-0.25, -0.2) is 0 Å². The van der Waals surface area contributed by atoms with Gasteiger partial charge in [0.05, 0.1) is 23.2 Å². The second-order valence-electron chi connectivity index (χ2n) is 7.83. The number of anilines is 1. The second kappa shape index (κ2) is 8.12. The van der Waals surface area contributed by atoms with Crippen LogP contribution in [0.1, 0.15) is 26.5 Å². The molecule has 0 spiro atoms. The minimum Gasteiger partial charge on any atom is -0.497 e. The predicted octanol–water partition coefficient (Wildman–Crippen LogP) is 3.39. The van der Waals surface area contributed by atoms with Gasteiger partial charge in [-0.05, 0) is 53.3 Å². The summed E-state index contributed by atoms with van der Waals surface area (Å²) in [5, 5.41) is 7.69. The number of nitrogens with one attached hydrogen (secondary N) is 2. The maximum absolute atomic E-state index is 13.4. The molecule has 2 aliphatic heterocycles. The summed E-state index contributed by atoms with van der Waals surface area (Å²) in [6.07, 6.45) is 0.383. The van der Waals surface area contributed by atoms with Crippen LogP contribution in [-0.4, -0.2) is 48.4 Å². The molecule has 8 heteroatoms. The lowest BCUT2D eigenvalue weighted by molar-refractivity contribution is -0.119. The van der Waals surface area contributed by atoms with Crippen LogP contribution in [0, 0.1) is 0 Å². The van der Waals surface area contributed by atoms with Crippen molar-refractivity contribution in [1.82, 2.24) is 10.2 Å². The van der Waals surface area contributed by atoms with Crippen molar-refractivity contribution in [2.75, 3.05) is 19.0 Å². The molecule has 2 aliphatic rings. The summed E-state index contributed by atoms with van der Waals surface area (Å²) >= 11 is 1.36. The number of hydrogen-bond acceptors (Lipinski definition) is 5. The standard InChI is InChI=1S/C24H21N3O4S/c1-31-17-7-4-14(5-8-17)15-6-9-19-18(11-15)24(30)27-13-16(12-20(27)22(28)26-19)25-23(29)21-3-2-10-32-21/h2-11,16,20H,12-13H2,1H3,(H,25,29)(H,26,28)/t16-,20-/m0/s1. The van der Waals surface area contributed by atoms with Crippen molar-refractivity contribution in [3.63, 3.8) is 0 Å². The Kier molecular flexibility index (Phi) is 5.14. The Bertz CT molecular complexity index is 1190. The topological polar surface area (TPSA) is 87.7 Å². The van der Waals surface area contributed by atoms with Crippen molar-refractivity contribution >= 4 is 34.7 Å². The molecule has 0 bridgehead atoms. The molecular weight excluding hydrogens is 426 g/mol. The second-order valence-corrected chi connectivity index (χ2v) is 8.78. The molecule has 1 aromatic heterocycles.